The second-order valence-electron chi connectivity index (χ2n) is 5.90. The summed E-state index contributed by atoms with van der Waals surface area (Å²) in [7, 11) is 0. The zero-order valence-corrected chi connectivity index (χ0v) is 13.1. The first-order valence-corrected chi connectivity index (χ1v) is 8.03. The topological polar surface area (TPSA) is 49.8 Å². The van der Waals surface area contributed by atoms with Crippen molar-refractivity contribution in [1.29, 1.82) is 0 Å². The first-order chi connectivity index (χ1) is 9.74. The molecule has 1 aliphatic rings. The number of aromatic nitrogens is 2. The number of nitrogens with zero attached hydrogens (tertiary/aromatic N) is 2. The lowest BCUT2D eigenvalue weighted by atomic mass is 9.81. The van der Waals surface area contributed by atoms with E-state index in [1.165, 1.54) is 32.1 Å². The summed E-state index contributed by atoms with van der Waals surface area (Å²) in [4.78, 5) is 8.66. The van der Waals surface area contributed by atoms with Crippen LogP contribution < -0.4 is 10.6 Å². The van der Waals surface area contributed by atoms with Crippen LogP contribution in [0, 0.1) is 18.8 Å². The highest BCUT2D eigenvalue weighted by Gasteiger charge is 2.20. The number of rotatable bonds is 6. The molecule has 1 heterocycles. The van der Waals surface area contributed by atoms with E-state index in [4.69, 9.17) is 0 Å². The first-order valence-electron chi connectivity index (χ1n) is 8.03. The Bertz CT molecular complexity index is 411. The molecule has 0 bridgehead atoms. The van der Waals surface area contributed by atoms with Crippen LogP contribution in [-0.2, 0) is 0 Å². The molecule has 4 nitrogen and oxygen atoms in total. The molecule has 0 radical (unpaired) electrons. The van der Waals surface area contributed by atoms with E-state index < -0.39 is 0 Å². The minimum atomic E-state index is 0.801. The van der Waals surface area contributed by atoms with Crippen molar-refractivity contribution in [3.63, 3.8) is 0 Å². The number of nitrogens with one attached hydrogen (secondary N) is 2. The molecule has 4 heteroatoms. The summed E-state index contributed by atoms with van der Waals surface area (Å²) in [5.41, 5.74) is 1.12. The fraction of sp³-hybridized carbons (Fsp3) is 0.750. The smallest absolute Gasteiger partial charge is 0.134 e. The molecule has 1 aromatic heterocycles. The Morgan fingerprint density at radius 3 is 2.20 bits per heavy atom. The van der Waals surface area contributed by atoms with Crippen molar-refractivity contribution in [2.45, 2.75) is 52.9 Å². The molecule has 1 fully saturated rings. The van der Waals surface area contributed by atoms with Crippen molar-refractivity contribution in [2.75, 3.05) is 23.7 Å². The third-order valence-electron chi connectivity index (χ3n) is 4.53. The molecular weight excluding hydrogens is 248 g/mol. The fourth-order valence-electron chi connectivity index (χ4n) is 3.06. The summed E-state index contributed by atoms with van der Waals surface area (Å²) in [5, 5.41) is 6.80. The standard InChI is InChI=1S/C16H28N4/c1-4-13-6-8-14(9-7-13)10-18-16-12(3)15(17-5-2)19-11-20-16/h11,13-14H,4-10H2,1-3H3,(H2,17,18,19,20). The average molecular weight is 276 g/mol. The van der Waals surface area contributed by atoms with Gasteiger partial charge in [-0.05, 0) is 38.5 Å². The molecule has 1 aromatic rings. The van der Waals surface area contributed by atoms with Crippen molar-refractivity contribution >= 4 is 11.6 Å². The predicted molar refractivity (Wildman–Crippen MR) is 85.2 cm³/mol. The van der Waals surface area contributed by atoms with E-state index in [0.717, 1.165) is 42.1 Å². The van der Waals surface area contributed by atoms with E-state index in [9.17, 15) is 0 Å². The van der Waals surface area contributed by atoms with Gasteiger partial charge in [0, 0.05) is 18.7 Å². The van der Waals surface area contributed by atoms with Crippen LogP contribution in [0.2, 0.25) is 0 Å². The zero-order chi connectivity index (χ0) is 14.4. The van der Waals surface area contributed by atoms with Gasteiger partial charge in [-0.2, -0.15) is 0 Å². The minimum absolute atomic E-state index is 0.801. The van der Waals surface area contributed by atoms with Crippen LogP contribution in [0.5, 0.6) is 0 Å². The van der Waals surface area contributed by atoms with Gasteiger partial charge in [0.05, 0.1) is 0 Å². The molecule has 0 atom stereocenters. The monoisotopic (exact) mass is 276 g/mol. The Hall–Kier alpha value is -1.32. The summed E-state index contributed by atoms with van der Waals surface area (Å²) in [6.07, 6.45) is 8.49. The summed E-state index contributed by atoms with van der Waals surface area (Å²) in [6.45, 7) is 8.41. The lowest BCUT2D eigenvalue weighted by Crippen LogP contribution is -2.21. The molecule has 0 spiro atoms. The van der Waals surface area contributed by atoms with E-state index in [-0.39, 0.29) is 0 Å². The van der Waals surface area contributed by atoms with Gasteiger partial charge in [-0.1, -0.05) is 26.2 Å². The maximum absolute atomic E-state index is 4.37. The third-order valence-corrected chi connectivity index (χ3v) is 4.53. The quantitative estimate of drug-likeness (QED) is 0.828. The second kappa shape index (κ2) is 7.46. The minimum Gasteiger partial charge on any atom is -0.370 e. The molecular formula is C16H28N4. The molecule has 2 rings (SSSR count). The second-order valence-corrected chi connectivity index (χ2v) is 5.90. The van der Waals surface area contributed by atoms with Crippen molar-refractivity contribution in [3.8, 4) is 0 Å². The Kier molecular flexibility index (Phi) is 5.62. The number of anilines is 2. The molecule has 0 saturated heterocycles. The fourth-order valence-corrected chi connectivity index (χ4v) is 3.06. The molecule has 1 saturated carbocycles. The Labute approximate surface area is 122 Å². The predicted octanol–water partition coefficient (Wildman–Crippen LogP) is 3.85. The van der Waals surface area contributed by atoms with Gasteiger partial charge >= 0.3 is 0 Å². The van der Waals surface area contributed by atoms with Gasteiger partial charge in [-0.25, -0.2) is 9.97 Å². The molecule has 112 valence electrons. The van der Waals surface area contributed by atoms with Crippen LogP contribution in [0.15, 0.2) is 6.33 Å². The molecule has 0 amide bonds. The van der Waals surface area contributed by atoms with Crippen LogP contribution in [0.1, 0.15) is 51.5 Å². The van der Waals surface area contributed by atoms with Crippen LogP contribution in [0.25, 0.3) is 0 Å². The van der Waals surface area contributed by atoms with E-state index in [0.29, 0.717) is 0 Å². The van der Waals surface area contributed by atoms with Crippen molar-refractivity contribution in [3.05, 3.63) is 11.9 Å². The average Bonchev–Trinajstić information content (AvgIpc) is 2.49. The lowest BCUT2D eigenvalue weighted by Gasteiger charge is -2.28. The highest BCUT2D eigenvalue weighted by Crippen LogP contribution is 2.30. The first kappa shape index (κ1) is 15.1. The van der Waals surface area contributed by atoms with Crippen molar-refractivity contribution < 1.29 is 0 Å². The summed E-state index contributed by atoms with van der Waals surface area (Å²) in [6, 6.07) is 0. The SMILES string of the molecule is CCNc1ncnc(NCC2CCC(CC)CC2)c1C. The van der Waals surface area contributed by atoms with E-state index >= 15 is 0 Å². The van der Waals surface area contributed by atoms with Gasteiger partial charge in [0.2, 0.25) is 0 Å². The lowest BCUT2D eigenvalue weighted by molar-refractivity contribution is 0.278. The van der Waals surface area contributed by atoms with Crippen LogP contribution >= 0.6 is 0 Å². The van der Waals surface area contributed by atoms with Crippen molar-refractivity contribution in [1.82, 2.24) is 9.97 Å². The van der Waals surface area contributed by atoms with Crippen LogP contribution in [0.4, 0.5) is 11.6 Å². The van der Waals surface area contributed by atoms with E-state index in [1.54, 1.807) is 6.33 Å². The Morgan fingerprint density at radius 1 is 1.00 bits per heavy atom. The molecule has 20 heavy (non-hydrogen) atoms. The van der Waals surface area contributed by atoms with Gasteiger partial charge < -0.3 is 10.6 Å². The molecule has 0 aliphatic heterocycles. The van der Waals surface area contributed by atoms with Gasteiger partial charge in [0.15, 0.2) is 0 Å². The molecule has 2 N–H and O–H groups in total. The highest BCUT2D eigenvalue weighted by atomic mass is 15.1. The molecule has 1 aliphatic carbocycles. The van der Waals surface area contributed by atoms with Gasteiger partial charge in [0.25, 0.3) is 0 Å². The van der Waals surface area contributed by atoms with E-state index in [2.05, 4.69) is 41.4 Å². The Morgan fingerprint density at radius 2 is 1.60 bits per heavy atom. The third kappa shape index (κ3) is 3.84. The van der Waals surface area contributed by atoms with Crippen LogP contribution in [-0.4, -0.2) is 23.1 Å². The van der Waals surface area contributed by atoms with E-state index in [1.807, 2.05) is 0 Å². The Balaban J connectivity index is 1.86. The van der Waals surface area contributed by atoms with Gasteiger partial charge in [-0.15, -0.1) is 0 Å². The van der Waals surface area contributed by atoms with Crippen molar-refractivity contribution in [2.24, 2.45) is 11.8 Å². The maximum atomic E-state index is 4.37. The summed E-state index contributed by atoms with van der Waals surface area (Å²) in [5.74, 6) is 3.69. The summed E-state index contributed by atoms with van der Waals surface area (Å²) >= 11 is 0. The largest absolute Gasteiger partial charge is 0.370 e. The van der Waals surface area contributed by atoms with Gasteiger partial charge in [0.1, 0.15) is 18.0 Å². The molecule has 0 aromatic carbocycles. The highest BCUT2D eigenvalue weighted by molar-refractivity contribution is 5.56. The maximum Gasteiger partial charge on any atom is 0.134 e. The zero-order valence-electron chi connectivity index (χ0n) is 13.1. The van der Waals surface area contributed by atoms with Gasteiger partial charge in [-0.3, -0.25) is 0 Å². The van der Waals surface area contributed by atoms with Crippen LogP contribution in [0.3, 0.4) is 0 Å². The summed E-state index contributed by atoms with van der Waals surface area (Å²) < 4.78 is 0. The molecule has 0 unspecified atom stereocenters. The number of hydrogen-bond donors (Lipinski definition) is 2. The number of hydrogen-bond acceptors (Lipinski definition) is 4. The normalized spacial score (nSPS) is 22.6.